The summed E-state index contributed by atoms with van der Waals surface area (Å²) in [5.41, 5.74) is 0. The Morgan fingerprint density at radius 2 is 0.549 bits per heavy atom. The van der Waals surface area contributed by atoms with Crippen molar-refractivity contribution in [2.24, 2.45) is 0 Å². The molecular weight excluding hydrogens is 877 g/mol. The third-order valence-electron chi connectivity index (χ3n) is 12.2. The molecule has 1 unspecified atom stereocenters. The Labute approximate surface area is 438 Å². The second-order valence-corrected chi connectivity index (χ2v) is 19.1. The third-order valence-corrected chi connectivity index (χ3v) is 12.2. The number of rotatable bonds is 52. The van der Waals surface area contributed by atoms with Crippen molar-refractivity contribution in [3.05, 3.63) is 109 Å². The molecular formula is C65H108O6. The van der Waals surface area contributed by atoms with E-state index < -0.39 is 6.10 Å². The van der Waals surface area contributed by atoms with Gasteiger partial charge in [-0.05, 0) is 122 Å². The van der Waals surface area contributed by atoms with Crippen molar-refractivity contribution in [2.45, 2.75) is 271 Å². The molecule has 0 aliphatic carbocycles. The van der Waals surface area contributed by atoms with Gasteiger partial charge in [0.15, 0.2) is 6.10 Å². The molecule has 0 saturated heterocycles. The summed E-state index contributed by atoms with van der Waals surface area (Å²) in [6, 6.07) is 0. The van der Waals surface area contributed by atoms with Crippen molar-refractivity contribution in [1.29, 1.82) is 0 Å². The van der Waals surface area contributed by atoms with Crippen LogP contribution in [0.4, 0.5) is 0 Å². The Balaban J connectivity index is 4.35. The van der Waals surface area contributed by atoms with Gasteiger partial charge in [0.2, 0.25) is 0 Å². The number of hydrogen-bond acceptors (Lipinski definition) is 6. The molecule has 0 aromatic carbocycles. The van der Waals surface area contributed by atoms with Gasteiger partial charge >= 0.3 is 17.9 Å². The number of unbranched alkanes of at least 4 members (excludes halogenated alkanes) is 23. The molecule has 404 valence electrons. The van der Waals surface area contributed by atoms with Gasteiger partial charge in [-0.3, -0.25) is 14.4 Å². The SMILES string of the molecule is CC/C=C\C/C=C\C/C=C\C/C=C\C/C=C\CCCCCCCCCCCC(=O)OCC(COC(=O)CCCCCCC/C=C\CCCCCC)OC(=O)CCCCCCC/C=C\C/C=C\C/C=C\CC. The average Bonchev–Trinajstić information content (AvgIpc) is 3.37. The van der Waals surface area contributed by atoms with Crippen LogP contribution in [0.25, 0.3) is 0 Å². The van der Waals surface area contributed by atoms with Gasteiger partial charge in [0.05, 0.1) is 0 Å². The zero-order valence-electron chi connectivity index (χ0n) is 46.2. The predicted molar refractivity (Wildman–Crippen MR) is 307 cm³/mol. The zero-order valence-corrected chi connectivity index (χ0v) is 46.2. The molecule has 0 aromatic rings. The molecule has 0 aliphatic heterocycles. The number of allylic oxidation sites excluding steroid dienone is 18. The maximum atomic E-state index is 12.8. The van der Waals surface area contributed by atoms with E-state index in [1.165, 1.54) is 83.5 Å². The van der Waals surface area contributed by atoms with Crippen molar-refractivity contribution in [3.63, 3.8) is 0 Å². The van der Waals surface area contributed by atoms with Crippen LogP contribution in [0.15, 0.2) is 109 Å². The highest BCUT2D eigenvalue weighted by molar-refractivity contribution is 5.71. The second-order valence-electron chi connectivity index (χ2n) is 19.1. The van der Waals surface area contributed by atoms with E-state index in [9.17, 15) is 14.4 Å². The zero-order chi connectivity index (χ0) is 51.4. The van der Waals surface area contributed by atoms with Gasteiger partial charge in [-0.2, -0.15) is 0 Å². The molecule has 0 amide bonds. The summed E-state index contributed by atoms with van der Waals surface area (Å²) in [6.07, 6.45) is 79.4. The van der Waals surface area contributed by atoms with Gasteiger partial charge < -0.3 is 14.2 Å². The van der Waals surface area contributed by atoms with Crippen LogP contribution in [0, 0.1) is 0 Å². The lowest BCUT2D eigenvalue weighted by Gasteiger charge is -2.18. The highest BCUT2D eigenvalue weighted by atomic mass is 16.6. The maximum Gasteiger partial charge on any atom is 0.306 e. The molecule has 0 aromatic heterocycles. The molecule has 0 saturated carbocycles. The van der Waals surface area contributed by atoms with Crippen molar-refractivity contribution in [1.82, 2.24) is 0 Å². The normalized spacial score (nSPS) is 12.9. The van der Waals surface area contributed by atoms with Gasteiger partial charge in [0.25, 0.3) is 0 Å². The van der Waals surface area contributed by atoms with E-state index in [4.69, 9.17) is 14.2 Å². The molecule has 0 aliphatic rings. The summed E-state index contributed by atoms with van der Waals surface area (Å²) >= 11 is 0. The van der Waals surface area contributed by atoms with Crippen molar-refractivity contribution in [3.8, 4) is 0 Å². The van der Waals surface area contributed by atoms with Crippen molar-refractivity contribution in [2.75, 3.05) is 13.2 Å². The van der Waals surface area contributed by atoms with Crippen molar-refractivity contribution >= 4 is 17.9 Å². The summed E-state index contributed by atoms with van der Waals surface area (Å²) in [5.74, 6) is -0.922. The molecule has 1 atom stereocenters. The van der Waals surface area contributed by atoms with E-state index in [-0.39, 0.29) is 31.1 Å². The molecule has 0 heterocycles. The van der Waals surface area contributed by atoms with Crippen molar-refractivity contribution < 1.29 is 28.6 Å². The molecule has 0 rings (SSSR count). The van der Waals surface area contributed by atoms with Crippen LogP contribution in [0.2, 0.25) is 0 Å². The first-order chi connectivity index (χ1) is 35.0. The standard InChI is InChI=1S/C65H108O6/c1-4-7-10-13-16-19-22-25-27-28-29-30-31-32-33-34-35-36-38-40-43-46-49-52-55-58-64(67)70-61-62(60-69-63(66)57-54-51-48-45-42-39-24-21-18-15-12-9-6-3)71-65(68)59-56-53-50-47-44-41-37-26-23-20-17-14-11-8-5-2/h7-8,10-11,16-17,19-21,24-27,29-30,32-33,37,62H,4-6,9,12-15,18,22-23,28,31,34-36,38-61H2,1-3H3/b10-7-,11-8-,19-16-,20-17-,24-21-,27-25-,30-29-,33-32-,37-26-. The maximum absolute atomic E-state index is 12.8. The molecule has 0 fully saturated rings. The Morgan fingerprint density at radius 1 is 0.296 bits per heavy atom. The average molecular weight is 986 g/mol. The van der Waals surface area contributed by atoms with Crippen LogP contribution in [-0.4, -0.2) is 37.2 Å². The molecule has 0 radical (unpaired) electrons. The van der Waals surface area contributed by atoms with Crippen LogP contribution in [0.1, 0.15) is 265 Å². The molecule has 6 nitrogen and oxygen atoms in total. The summed E-state index contributed by atoms with van der Waals surface area (Å²) in [5, 5.41) is 0. The first-order valence-corrected chi connectivity index (χ1v) is 29.4. The monoisotopic (exact) mass is 985 g/mol. The minimum atomic E-state index is -0.795. The van der Waals surface area contributed by atoms with Gasteiger partial charge in [-0.25, -0.2) is 0 Å². The van der Waals surface area contributed by atoms with Gasteiger partial charge in [-0.15, -0.1) is 0 Å². The number of ether oxygens (including phenoxy) is 3. The first kappa shape index (κ1) is 67.1. The highest BCUT2D eigenvalue weighted by Gasteiger charge is 2.19. The van der Waals surface area contributed by atoms with Crippen LogP contribution in [0.5, 0.6) is 0 Å². The Bertz CT molecular complexity index is 1460. The van der Waals surface area contributed by atoms with E-state index in [1.807, 2.05) is 0 Å². The first-order valence-electron chi connectivity index (χ1n) is 29.4. The third kappa shape index (κ3) is 56.9. The number of hydrogen-bond donors (Lipinski definition) is 0. The molecule has 6 heteroatoms. The number of carbonyl (C=O) groups excluding carboxylic acids is 3. The second kappa shape index (κ2) is 58.6. The van der Waals surface area contributed by atoms with Gasteiger partial charge in [0.1, 0.15) is 13.2 Å². The fourth-order valence-corrected chi connectivity index (χ4v) is 7.89. The number of esters is 3. The molecule has 0 N–H and O–H groups in total. The Morgan fingerprint density at radius 3 is 0.873 bits per heavy atom. The summed E-state index contributed by atoms with van der Waals surface area (Å²) in [4.78, 5) is 38.2. The van der Waals surface area contributed by atoms with Crippen LogP contribution in [0.3, 0.4) is 0 Å². The fourth-order valence-electron chi connectivity index (χ4n) is 7.89. The van der Waals surface area contributed by atoms with E-state index in [2.05, 4.69) is 130 Å². The van der Waals surface area contributed by atoms with Crippen LogP contribution < -0.4 is 0 Å². The highest BCUT2D eigenvalue weighted by Crippen LogP contribution is 2.15. The Kier molecular flexibility index (Phi) is 55.4. The smallest absolute Gasteiger partial charge is 0.306 e. The summed E-state index contributed by atoms with van der Waals surface area (Å²) < 4.78 is 16.8. The summed E-state index contributed by atoms with van der Waals surface area (Å²) in [6.45, 7) is 6.38. The number of carbonyl (C=O) groups is 3. The topological polar surface area (TPSA) is 78.9 Å². The largest absolute Gasteiger partial charge is 0.462 e. The lowest BCUT2D eigenvalue weighted by Crippen LogP contribution is -2.30. The molecule has 71 heavy (non-hydrogen) atoms. The lowest BCUT2D eigenvalue weighted by atomic mass is 10.1. The minimum Gasteiger partial charge on any atom is -0.462 e. The van der Waals surface area contributed by atoms with E-state index in [1.54, 1.807) is 0 Å². The molecule has 0 spiro atoms. The fraction of sp³-hybridized carbons (Fsp3) is 0.677. The lowest BCUT2D eigenvalue weighted by molar-refractivity contribution is -0.167. The predicted octanol–water partition coefficient (Wildman–Crippen LogP) is 19.9. The van der Waals surface area contributed by atoms with Gasteiger partial charge in [0, 0.05) is 19.3 Å². The van der Waals surface area contributed by atoms with E-state index in [0.717, 1.165) is 141 Å². The van der Waals surface area contributed by atoms with Gasteiger partial charge in [-0.1, -0.05) is 233 Å². The Hall–Kier alpha value is -3.93. The van der Waals surface area contributed by atoms with Crippen LogP contribution >= 0.6 is 0 Å². The van der Waals surface area contributed by atoms with E-state index in [0.29, 0.717) is 19.3 Å². The van der Waals surface area contributed by atoms with E-state index >= 15 is 0 Å². The molecule has 0 bridgehead atoms. The minimum absolute atomic E-state index is 0.0919. The summed E-state index contributed by atoms with van der Waals surface area (Å²) in [7, 11) is 0. The quantitative estimate of drug-likeness (QED) is 0.0261. The van der Waals surface area contributed by atoms with Crippen LogP contribution in [-0.2, 0) is 28.6 Å².